The number of rotatable bonds is 6. The Morgan fingerprint density at radius 3 is 2.55 bits per heavy atom. The van der Waals surface area contributed by atoms with Gasteiger partial charge in [-0.2, -0.15) is 0 Å². The number of furan rings is 1. The van der Waals surface area contributed by atoms with E-state index in [1.807, 2.05) is 66.7 Å². The molecule has 1 amide bonds. The fourth-order valence-corrected chi connectivity index (χ4v) is 3.61. The van der Waals surface area contributed by atoms with Gasteiger partial charge >= 0.3 is 5.97 Å². The Hall–Kier alpha value is -3.60. The number of hydrogen-bond acceptors (Lipinski definition) is 4. The number of carbonyl (C=O) groups is 2. The van der Waals surface area contributed by atoms with Crippen LogP contribution in [0.25, 0.3) is 21.7 Å². The molecular formula is C24H21NO4. The Balaban J connectivity index is 1.60. The van der Waals surface area contributed by atoms with Gasteiger partial charge in [-0.25, -0.2) is 0 Å². The van der Waals surface area contributed by atoms with E-state index in [0.29, 0.717) is 0 Å². The minimum atomic E-state index is -0.453. The molecule has 0 saturated heterocycles. The van der Waals surface area contributed by atoms with Gasteiger partial charge in [0.1, 0.15) is 5.58 Å². The number of amides is 1. The first-order valence-electron chi connectivity index (χ1n) is 9.44. The molecule has 1 heterocycles. The summed E-state index contributed by atoms with van der Waals surface area (Å²) in [6.45, 7) is 0. The summed E-state index contributed by atoms with van der Waals surface area (Å²) >= 11 is 0. The van der Waals surface area contributed by atoms with Gasteiger partial charge in [-0.05, 0) is 22.4 Å². The summed E-state index contributed by atoms with van der Waals surface area (Å²) in [5, 5.41) is 6.06. The molecule has 1 aromatic heterocycles. The van der Waals surface area contributed by atoms with Gasteiger partial charge in [-0.3, -0.25) is 9.59 Å². The Morgan fingerprint density at radius 2 is 1.76 bits per heavy atom. The first-order valence-corrected chi connectivity index (χ1v) is 9.44. The largest absolute Gasteiger partial charge is 0.469 e. The second-order valence-corrected chi connectivity index (χ2v) is 6.91. The summed E-state index contributed by atoms with van der Waals surface area (Å²) in [5.41, 5.74) is 2.42. The van der Waals surface area contributed by atoms with Crippen LogP contribution in [-0.2, 0) is 20.7 Å². The maximum atomic E-state index is 12.8. The Labute approximate surface area is 168 Å². The number of hydrogen-bond donors (Lipinski definition) is 1. The third-order valence-electron chi connectivity index (χ3n) is 5.03. The van der Waals surface area contributed by atoms with Crippen molar-refractivity contribution in [2.75, 3.05) is 7.11 Å². The summed E-state index contributed by atoms with van der Waals surface area (Å²) in [5.74, 6) is -0.558. The predicted molar refractivity (Wildman–Crippen MR) is 111 cm³/mol. The molecule has 0 aliphatic rings. The van der Waals surface area contributed by atoms with E-state index in [4.69, 9.17) is 9.15 Å². The fraction of sp³-hybridized carbons (Fsp3) is 0.167. The summed E-state index contributed by atoms with van der Waals surface area (Å²) < 4.78 is 10.5. The highest BCUT2D eigenvalue weighted by molar-refractivity contribution is 6.08. The Morgan fingerprint density at radius 1 is 1.00 bits per heavy atom. The van der Waals surface area contributed by atoms with Crippen molar-refractivity contribution in [2.24, 2.45) is 0 Å². The average Bonchev–Trinajstić information content (AvgIpc) is 3.17. The van der Waals surface area contributed by atoms with E-state index < -0.39 is 6.04 Å². The van der Waals surface area contributed by atoms with Gasteiger partial charge in [-0.1, -0.05) is 60.7 Å². The lowest BCUT2D eigenvalue weighted by molar-refractivity contribution is -0.141. The lowest BCUT2D eigenvalue weighted by Gasteiger charge is -2.18. The highest BCUT2D eigenvalue weighted by Crippen LogP contribution is 2.30. The van der Waals surface area contributed by atoms with Gasteiger partial charge in [0.2, 0.25) is 5.91 Å². The molecule has 0 radical (unpaired) electrons. The zero-order valence-electron chi connectivity index (χ0n) is 16.1. The maximum Gasteiger partial charge on any atom is 0.307 e. The molecule has 0 spiro atoms. The topological polar surface area (TPSA) is 68.5 Å². The molecule has 1 N–H and O–H groups in total. The smallest absolute Gasteiger partial charge is 0.307 e. The first kappa shape index (κ1) is 18.7. The van der Waals surface area contributed by atoms with Crippen LogP contribution in [0, 0.1) is 0 Å². The van der Waals surface area contributed by atoms with E-state index in [9.17, 15) is 9.59 Å². The maximum absolute atomic E-state index is 12.8. The first-order chi connectivity index (χ1) is 14.2. The molecule has 3 aromatic carbocycles. The van der Waals surface area contributed by atoms with Crippen LogP contribution in [0.1, 0.15) is 23.6 Å². The number of fused-ring (bicyclic) bond motifs is 3. The lowest BCUT2D eigenvalue weighted by atomic mass is 10.0. The van der Waals surface area contributed by atoms with Crippen LogP contribution in [0.3, 0.4) is 0 Å². The lowest BCUT2D eigenvalue weighted by Crippen LogP contribution is -2.31. The molecule has 0 fully saturated rings. The van der Waals surface area contributed by atoms with Gasteiger partial charge in [0.25, 0.3) is 0 Å². The number of nitrogens with one attached hydrogen (secondary N) is 1. The standard InChI is InChI=1S/C24H21NO4/c1-28-23(27)14-20(17-8-3-2-4-9-17)25-22(26)13-18-15-29-21-12-11-16-7-5-6-10-19(16)24(18)21/h2-12,15,20H,13-14H2,1H3,(H,25,26). The minimum Gasteiger partial charge on any atom is -0.469 e. The summed E-state index contributed by atoms with van der Waals surface area (Å²) in [6, 6.07) is 20.9. The van der Waals surface area contributed by atoms with Crippen molar-refractivity contribution < 1.29 is 18.7 Å². The number of carbonyl (C=O) groups excluding carboxylic acids is 2. The summed E-state index contributed by atoms with van der Waals surface area (Å²) in [6.07, 6.45) is 1.86. The summed E-state index contributed by atoms with van der Waals surface area (Å²) in [7, 11) is 1.34. The average molecular weight is 387 g/mol. The van der Waals surface area contributed by atoms with Crippen LogP contribution < -0.4 is 5.32 Å². The van der Waals surface area contributed by atoms with E-state index >= 15 is 0 Å². The van der Waals surface area contributed by atoms with Crippen LogP contribution in [0.15, 0.2) is 77.4 Å². The molecule has 0 aliphatic heterocycles. The SMILES string of the molecule is COC(=O)CC(NC(=O)Cc1coc2ccc3ccccc3c12)c1ccccc1. The molecule has 5 nitrogen and oxygen atoms in total. The molecule has 1 atom stereocenters. The van der Waals surface area contributed by atoms with E-state index in [1.165, 1.54) is 7.11 Å². The Kier molecular flexibility index (Phi) is 5.29. The Bertz CT molecular complexity index is 1160. The van der Waals surface area contributed by atoms with Crippen molar-refractivity contribution in [1.29, 1.82) is 0 Å². The quantitative estimate of drug-likeness (QED) is 0.493. The predicted octanol–water partition coefficient (Wildman–Crippen LogP) is 4.55. The molecule has 0 saturated carbocycles. The fourth-order valence-electron chi connectivity index (χ4n) is 3.61. The van der Waals surface area contributed by atoms with Crippen molar-refractivity contribution >= 4 is 33.6 Å². The van der Waals surface area contributed by atoms with E-state index in [0.717, 1.165) is 32.9 Å². The van der Waals surface area contributed by atoms with Crippen molar-refractivity contribution in [3.63, 3.8) is 0 Å². The molecule has 29 heavy (non-hydrogen) atoms. The molecule has 4 rings (SSSR count). The highest BCUT2D eigenvalue weighted by atomic mass is 16.5. The van der Waals surface area contributed by atoms with Gasteiger partial charge in [0.15, 0.2) is 0 Å². The van der Waals surface area contributed by atoms with Crippen LogP contribution in [0.4, 0.5) is 0 Å². The van der Waals surface area contributed by atoms with Crippen molar-refractivity contribution in [3.05, 3.63) is 84.1 Å². The van der Waals surface area contributed by atoms with Crippen molar-refractivity contribution in [3.8, 4) is 0 Å². The van der Waals surface area contributed by atoms with Crippen LogP contribution in [0.2, 0.25) is 0 Å². The number of methoxy groups -OCH3 is 1. The number of esters is 1. The van der Waals surface area contributed by atoms with Crippen LogP contribution >= 0.6 is 0 Å². The minimum absolute atomic E-state index is 0.0708. The van der Waals surface area contributed by atoms with Gasteiger partial charge in [-0.15, -0.1) is 0 Å². The van der Waals surface area contributed by atoms with Crippen molar-refractivity contribution in [2.45, 2.75) is 18.9 Å². The third-order valence-corrected chi connectivity index (χ3v) is 5.03. The molecule has 1 unspecified atom stereocenters. The van der Waals surface area contributed by atoms with Crippen molar-refractivity contribution in [1.82, 2.24) is 5.32 Å². The molecule has 4 aromatic rings. The monoisotopic (exact) mass is 387 g/mol. The van der Waals surface area contributed by atoms with Crippen LogP contribution in [-0.4, -0.2) is 19.0 Å². The molecule has 0 aliphatic carbocycles. The second-order valence-electron chi connectivity index (χ2n) is 6.91. The zero-order chi connectivity index (χ0) is 20.2. The number of benzene rings is 3. The molecular weight excluding hydrogens is 366 g/mol. The second kappa shape index (κ2) is 8.19. The highest BCUT2D eigenvalue weighted by Gasteiger charge is 2.20. The summed E-state index contributed by atoms with van der Waals surface area (Å²) in [4.78, 5) is 24.7. The van der Waals surface area contributed by atoms with E-state index in [-0.39, 0.29) is 24.7 Å². The molecule has 5 heteroatoms. The van der Waals surface area contributed by atoms with Gasteiger partial charge < -0.3 is 14.5 Å². The van der Waals surface area contributed by atoms with E-state index in [2.05, 4.69) is 5.32 Å². The van der Waals surface area contributed by atoms with Gasteiger partial charge in [0.05, 0.1) is 32.3 Å². The molecule has 146 valence electrons. The van der Waals surface area contributed by atoms with Gasteiger partial charge in [0, 0.05) is 10.9 Å². The zero-order valence-corrected chi connectivity index (χ0v) is 16.1. The normalized spacial score (nSPS) is 12.0. The molecule has 0 bridgehead atoms. The number of ether oxygens (including phenoxy) is 1. The third kappa shape index (κ3) is 3.99. The van der Waals surface area contributed by atoms with Crippen LogP contribution in [0.5, 0.6) is 0 Å². The van der Waals surface area contributed by atoms with E-state index in [1.54, 1.807) is 6.26 Å².